The van der Waals surface area contributed by atoms with Crippen LogP contribution in [-0.2, 0) is 25.9 Å². The number of benzene rings is 2. The Labute approximate surface area is 180 Å². The Morgan fingerprint density at radius 3 is 2.67 bits per heavy atom. The molecule has 4 aromatic rings. The van der Waals surface area contributed by atoms with Crippen LogP contribution in [0.5, 0.6) is 0 Å². The third-order valence-electron chi connectivity index (χ3n) is 6.00. The summed E-state index contributed by atoms with van der Waals surface area (Å²) in [5, 5.41) is 1.97. The van der Waals surface area contributed by atoms with E-state index in [4.69, 9.17) is 11.6 Å². The van der Waals surface area contributed by atoms with E-state index in [2.05, 4.69) is 38.7 Å². The van der Waals surface area contributed by atoms with Crippen LogP contribution in [0.2, 0.25) is 5.02 Å². The van der Waals surface area contributed by atoms with Crippen molar-refractivity contribution >= 4 is 28.2 Å². The molecule has 5 heteroatoms. The lowest BCUT2D eigenvalue weighted by atomic mass is 10.0. The van der Waals surface area contributed by atoms with Gasteiger partial charge in [-0.15, -0.1) is 0 Å². The Kier molecular flexibility index (Phi) is 4.95. The molecule has 0 atom stereocenters. The standard InChI is InChI=1S/C25H23ClFN3/c1-17-2-3-18(15-28-17)10-13-30-24-9-4-19(26)14-22(24)23-16-29(12-11-25(23)30)21-7-5-20(27)6-8-21/h2-9,14-15H,10-13,16H2,1H3. The van der Waals surface area contributed by atoms with Gasteiger partial charge in [0.05, 0.1) is 0 Å². The van der Waals surface area contributed by atoms with Gasteiger partial charge in [-0.05, 0) is 67.4 Å². The molecule has 0 spiro atoms. The van der Waals surface area contributed by atoms with Crippen LogP contribution in [0, 0.1) is 12.7 Å². The Balaban J connectivity index is 1.50. The fourth-order valence-corrected chi connectivity index (χ4v) is 4.61. The number of rotatable bonds is 4. The highest BCUT2D eigenvalue weighted by atomic mass is 35.5. The van der Waals surface area contributed by atoms with Gasteiger partial charge in [0.25, 0.3) is 0 Å². The Morgan fingerprint density at radius 1 is 1.07 bits per heavy atom. The Hall–Kier alpha value is -2.85. The van der Waals surface area contributed by atoms with E-state index in [1.807, 2.05) is 31.3 Å². The van der Waals surface area contributed by atoms with E-state index < -0.39 is 0 Å². The van der Waals surface area contributed by atoms with E-state index in [9.17, 15) is 4.39 Å². The summed E-state index contributed by atoms with van der Waals surface area (Å²) in [5.41, 5.74) is 7.27. The number of hydrogen-bond donors (Lipinski definition) is 0. The lowest BCUT2D eigenvalue weighted by Gasteiger charge is -2.30. The SMILES string of the molecule is Cc1ccc(CCn2c3c(c4cc(Cl)ccc42)CN(c2ccc(F)cc2)CC3)cn1. The maximum Gasteiger partial charge on any atom is 0.123 e. The summed E-state index contributed by atoms with van der Waals surface area (Å²) in [5.74, 6) is -0.203. The summed E-state index contributed by atoms with van der Waals surface area (Å²) < 4.78 is 15.8. The summed E-state index contributed by atoms with van der Waals surface area (Å²) in [6.45, 7) is 4.64. The topological polar surface area (TPSA) is 21.1 Å². The van der Waals surface area contributed by atoms with Crippen molar-refractivity contribution in [3.05, 3.63) is 94.1 Å². The lowest BCUT2D eigenvalue weighted by Crippen LogP contribution is -2.31. The largest absolute Gasteiger partial charge is 0.367 e. The van der Waals surface area contributed by atoms with Crippen molar-refractivity contribution in [2.45, 2.75) is 32.9 Å². The van der Waals surface area contributed by atoms with Crippen molar-refractivity contribution in [2.24, 2.45) is 0 Å². The maximum atomic E-state index is 13.4. The highest BCUT2D eigenvalue weighted by Gasteiger charge is 2.24. The minimum Gasteiger partial charge on any atom is -0.367 e. The van der Waals surface area contributed by atoms with Crippen LogP contribution < -0.4 is 4.90 Å². The van der Waals surface area contributed by atoms with Gasteiger partial charge in [-0.1, -0.05) is 17.7 Å². The van der Waals surface area contributed by atoms with Gasteiger partial charge in [0.1, 0.15) is 5.82 Å². The zero-order chi connectivity index (χ0) is 20.7. The number of aromatic nitrogens is 2. The number of halogens is 2. The van der Waals surface area contributed by atoms with Gasteiger partial charge in [-0.2, -0.15) is 0 Å². The summed E-state index contributed by atoms with van der Waals surface area (Å²) in [4.78, 5) is 6.75. The van der Waals surface area contributed by atoms with Crippen LogP contribution >= 0.6 is 11.6 Å². The molecule has 0 radical (unpaired) electrons. The molecule has 0 saturated heterocycles. The molecule has 0 N–H and O–H groups in total. The van der Waals surface area contributed by atoms with Crippen molar-refractivity contribution < 1.29 is 4.39 Å². The molecule has 0 bridgehead atoms. The summed E-state index contributed by atoms with van der Waals surface area (Å²) in [7, 11) is 0. The average Bonchev–Trinajstić information content (AvgIpc) is 3.06. The number of hydrogen-bond acceptors (Lipinski definition) is 2. The third kappa shape index (κ3) is 3.56. The number of fused-ring (bicyclic) bond motifs is 3. The molecule has 0 fully saturated rings. The minimum absolute atomic E-state index is 0.203. The van der Waals surface area contributed by atoms with Gasteiger partial charge in [-0.3, -0.25) is 4.98 Å². The van der Waals surface area contributed by atoms with Crippen molar-refractivity contribution in [1.29, 1.82) is 0 Å². The zero-order valence-electron chi connectivity index (χ0n) is 16.9. The molecule has 5 rings (SSSR count). The summed E-state index contributed by atoms with van der Waals surface area (Å²) >= 11 is 6.36. The van der Waals surface area contributed by atoms with Crippen LogP contribution in [0.1, 0.15) is 22.5 Å². The van der Waals surface area contributed by atoms with E-state index in [0.717, 1.165) is 48.9 Å². The van der Waals surface area contributed by atoms with Gasteiger partial charge in [0.2, 0.25) is 0 Å². The van der Waals surface area contributed by atoms with E-state index in [-0.39, 0.29) is 5.82 Å². The first-order valence-electron chi connectivity index (χ1n) is 10.3. The molecule has 3 heterocycles. The molecule has 0 amide bonds. The van der Waals surface area contributed by atoms with Gasteiger partial charge in [-0.25, -0.2) is 4.39 Å². The van der Waals surface area contributed by atoms with Crippen LogP contribution in [0.15, 0.2) is 60.8 Å². The first-order chi connectivity index (χ1) is 14.6. The molecule has 0 saturated carbocycles. The molecular weight excluding hydrogens is 397 g/mol. The van der Waals surface area contributed by atoms with Crippen molar-refractivity contribution in [2.75, 3.05) is 11.4 Å². The highest BCUT2D eigenvalue weighted by Crippen LogP contribution is 2.34. The molecule has 2 aromatic heterocycles. The van der Waals surface area contributed by atoms with Crippen molar-refractivity contribution in [1.82, 2.24) is 9.55 Å². The van der Waals surface area contributed by atoms with Gasteiger partial charge in [0.15, 0.2) is 0 Å². The second-order valence-electron chi connectivity index (χ2n) is 7.94. The first kappa shape index (κ1) is 19.1. The first-order valence-corrected chi connectivity index (χ1v) is 10.7. The molecule has 0 unspecified atom stereocenters. The predicted octanol–water partition coefficient (Wildman–Crippen LogP) is 5.94. The third-order valence-corrected chi connectivity index (χ3v) is 6.24. The molecule has 1 aliphatic rings. The Bertz CT molecular complexity index is 1200. The smallest absolute Gasteiger partial charge is 0.123 e. The van der Waals surface area contributed by atoms with Crippen molar-refractivity contribution in [3.63, 3.8) is 0 Å². The monoisotopic (exact) mass is 419 g/mol. The van der Waals surface area contributed by atoms with Crippen LogP contribution in [0.3, 0.4) is 0 Å². The second kappa shape index (κ2) is 7.77. The number of anilines is 1. The van der Waals surface area contributed by atoms with Crippen molar-refractivity contribution in [3.8, 4) is 0 Å². The molecule has 3 nitrogen and oxygen atoms in total. The molecule has 152 valence electrons. The van der Waals surface area contributed by atoms with E-state index in [0.29, 0.717) is 0 Å². The molecule has 0 aliphatic carbocycles. The molecular formula is C25H23ClFN3. The maximum absolute atomic E-state index is 13.4. The quantitative estimate of drug-likeness (QED) is 0.408. The minimum atomic E-state index is -0.203. The number of nitrogens with zero attached hydrogens (tertiary/aromatic N) is 3. The van der Waals surface area contributed by atoms with E-state index in [1.54, 1.807) is 0 Å². The number of aryl methyl sites for hydroxylation is 3. The summed E-state index contributed by atoms with van der Waals surface area (Å²) in [6, 6.07) is 17.2. The predicted molar refractivity (Wildman–Crippen MR) is 121 cm³/mol. The molecule has 1 aliphatic heterocycles. The average molecular weight is 420 g/mol. The van der Waals surface area contributed by atoms with Gasteiger partial charge < -0.3 is 9.47 Å². The van der Waals surface area contributed by atoms with Crippen LogP contribution in [0.25, 0.3) is 10.9 Å². The highest BCUT2D eigenvalue weighted by molar-refractivity contribution is 6.31. The summed E-state index contributed by atoms with van der Waals surface area (Å²) in [6.07, 6.45) is 3.86. The van der Waals surface area contributed by atoms with Crippen LogP contribution in [0.4, 0.5) is 10.1 Å². The van der Waals surface area contributed by atoms with Crippen LogP contribution in [-0.4, -0.2) is 16.1 Å². The van der Waals surface area contributed by atoms with Gasteiger partial charge >= 0.3 is 0 Å². The number of pyridine rings is 1. The second-order valence-corrected chi connectivity index (χ2v) is 8.38. The van der Waals surface area contributed by atoms with Gasteiger partial charge in [0, 0.05) is 70.8 Å². The van der Waals surface area contributed by atoms with E-state index >= 15 is 0 Å². The molecule has 2 aromatic carbocycles. The zero-order valence-corrected chi connectivity index (χ0v) is 17.7. The fourth-order valence-electron chi connectivity index (χ4n) is 4.44. The molecule has 30 heavy (non-hydrogen) atoms. The van der Waals surface area contributed by atoms with E-state index in [1.165, 1.54) is 39.9 Å². The Morgan fingerprint density at radius 2 is 1.90 bits per heavy atom. The lowest BCUT2D eigenvalue weighted by molar-refractivity contribution is 0.624. The normalized spacial score (nSPS) is 13.6. The fraction of sp³-hybridized carbons (Fsp3) is 0.240.